The lowest BCUT2D eigenvalue weighted by molar-refractivity contribution is -0.122. The zero-order valence-corrected chi connectivity index (χ0v) is 14.4. The van der Waals surface area contributed by atoms with Crippen LogP contribution in [-0.2, 0) is 11.3 Å². The van der Waals surface area contributed by atoms with Crippen molar-refractivity contribution in [2.24, 2.45) is 0 Å². The summed E-state index contributed by atoms with van der Waals surface area (Å²) in [6.07, 6.45) is 7.80. The van der Waals surface area contributed by atoms with E-state index in [1.54, 1.807) is 6.92 Å². The Labute approximate surface area is 146 Å². The summed E-state index contributed by atoms with van der Waals surface area (Å²) < 4.78 is 7.54. The molecule has 0 radical (unpaired) electrons. The largest absolute Gasteiger partial charge is 0.421 e. The average Bonchev–Trinajstić information content (AvgIpc) is 3.20. The van der Waals surface area contributed by atoms with Gasteiger partial charge in [-0.15, -0.1) is 10.2 Å². The van der Waals surface area contributed by atoms with Gasteiger partial charge in [0.25, 0.3) is 0 Å². The van der Waals surface area contributed by atoms with Gasteiger partial charge >= 0.3 is 0 Å². The highest BCUT2D eigenvalue weighted by Crippen LogP contribution is 2.29. The molecule has 6 nitrogen and oxygen atoms in total. The summed E-state index contributed by atoms with van der Waals surface area (Å²) >= 11 is 0. The number of para-hydroxylation sites is 1. The number of fused-ring (bicyclic) bond motifs is 1. The van der Waals surface area contributed by atoms with Crippen LogP contribution in [0, 0.1) is 6.92 Å². The van der Waals surface area contributed by atoms with Crippen molar-refractivity contribution in [1.82, 2.24) is 20.1 Å². The van der Waals surface area contributed by atoms with Crippen molar-refractivity contribution >= 4 is 16.8 Å². The first-order chi connectivity index (χ1) is 12.2. The highest BCUT2D eigenvalue weighted by Gasteiger charge is 2.19. The number of benzene rings is 1. The van der Waals surface area contributed by atoms with Crippen LogP contribution in [-0.4, -0.2) is 26.7 Å². The summed E-state index contributed by atoms with van der Waals surface area (Å²) in [5.74, 6) is 1.07. The van der Waals surface area contributed by atoms with Crippen molar-refractivity contribution in [3.05, 3.63) is 36.4 Å². The number of aryl methyl sites for hydroxylation is 1. The average molecular weight is 338 g/mol. The van der Waals surface area contributed by atoms with Gasteiger partial charge in [0.2, 0.25) is 17.7 Å². The molecule has 0 aliphatic heterocycles. The van der Waals surface area contributed by atoms with E-state index >= 15 is 0 Å². The van der Waals surface area contributed by atoms with Gasteiger partial charge in [0.1, 0.15) is 6.54 Å². The van der Waals surface area contributed by atoms with E-state index in [1.165, 1.54) is 19.3 Å². The van der Waals surface area contributed by atoms with Gasteiger partial charge in [-0.2, -0.15) is 0 Å². The summed E-state index contributed by atoms with van der Waals surface area (Å²) in [7, 11) is 0. The Balaban J connectivity index is 1.60. The minimum atomic E-state index is 0.0564. The van der Waals surface area contributed by atoms with Crippen LogP contribution in [0.2, 0.25) is 0 Å². The molecule has 1 aliphatic rings. The minimum absolute atomic E-state index is 0.0564. The van der Waals surface area contributed by atoms with Crippen LogP contribution in [0.15, 0.2) is 34.9 Å². The smallest absolute Gasteiger partial charge is 0.249 e. The number of hydrogen-bond acceptors (Lipinski definition) is 4. The number of hydrogen-bond donors (Lipinski definition) is 1. The molecule has 6 heteroatoms. The third-order valence-electron chi connectivity index (χ3n) is 4.83. The fourth-order valence-corrected chi connectivity index (χ4v) is 3.63. The molecule has 1 amide bonds. The summed E-state index contributed by atoms with van der Waals surface area (Å²) in [6.45, 7) is 2.07. The maximum absolute atomic E-state index is 12.5. The summed E-state index contributed by atoms with van der Waals surface area (Å²) in [5, 5.41) is 12.2. The summed E-state index contributed by atoms with van der Waals surface area (Å²) in [4.78, 5) is 12.5. The molecule has 0 bridgehead atoms. The standard InChI is InChI=1S/C19H22N4O2/c1-13-21-22-19(25-13)16-11-23(17-10-6-5-9-15(16)17)12-18(24)20-14-7-3-2-4-8-14/h5-6,9-11,14H,2-4,7-8,12H2,1H3,(H,20,24). The van der Waals surface area contributed by atoms with Crippen LogP contribution >= 0.6 is 0 Å². The summed E-state index contributed by atoms with van der Waals surface area (Å²) in [5.41, 5.74) is 1.86. The quantitative estimate of drug-likeness (QED) is 0.791. The van der Waals surface area contributed by atoms with E-state index in [1.807, 2.05) is 35.0 Å². The number of amides is 1. The minimum Gasteiger partial charge on any atom is -0.421 e. The predicted octanol–water partition coefficient (Wildman–Crippen LogP) is 3.45. The van der Waals surface area contributed by atoms with Gasteiger partial charge in [0, 0.05) is 30.1 Å². The summed E-state index contributed by atoms with van der Waals surface area (Å²) in [6, 6.07) is 8.29. The normalized spacial score (nSPS) is 15.6. The van der Waals surface area contributed by atoms with Gasteiger partial charge in [0.05, 0.1) is 5.56 Å². The molecule has 3 aromatic rings. The van der Waals surface area contributed by atoms with Crippen LogP contribution in [0.4, 0.5) is 0 Å². The monoisotopic (exact) mass is 338 g/mol. The first-order valence-corrected chi connectivity index (χ1v) is 8.88. The fourth-order valence-electron chi connectivity index (χ4n) is 3.63. The molecule has 1 N–H and O–H groups in total. The Morgan fingerprint density at radius 2 is 2.04 bits per heavy atom. The van der Waals surface area contributed by atoms with Crippen LogP contribution < -0.4 is 5.32 Å². The lowest BCUT2D eigenvalue weighted by Crippen LogP contribution is -2.38. The Bertz CT molecular complexity index is 890. The number of nitrogens with one attached hydrogen (secondary N) is 1. The molecular formula is C19H22N4O2. The Morgan fingerprint density at radius 1 is 1.24 bits per heavy atom. The van der Waals surface area contributed by atoms with Gasteiger partial charge in [-0.1, -0.05) is 37.5 Å². The molecule has 130 valence electrons. The zero-order chi connectivity index (χ0) is 17.2. The van der Waals surface area contributed by atoms with E-state index in [-0.39, 0.29) is 5.91 Å². The van der Waals surface area contributed by atoms with E-state index < -0.39 is 0 Å². The maximum Gasteiger partial charge on any atom is 0.249 e. The van der Waals surface area contributed by atoms with E-state index in [0.717, 1.165) is 29.3 Å². The van der Waals surface area contributed by atoms with Gasteiger partial charge in [-0.3, -0.25) is 4.79 Å². The van der Waals surface area contributed by atoms with Crippen LogP contribution in [0.1, 0.15) is 38.0 Å². The first-order valence-electron chi connectivity index (χ1n) is 8.88. The molecule has 1 saturated carbocycles. The number of carbonyl (C=O) groups is 1. The maximum atomic E-state index is 12.5. The van der Waals surface area contributed by atoms with Gasteiger partial charge in [0.15, 0.2) is 0 Å². The molecule has 1 fully saturated rings. The van der Waals surface area contributed by atoms with Gasteiger partial charge in [-0.05, 0) is 18.9 Å². The lowest BCUT2D eigenvalue weighted by atomic mass is 9.95. The van der Waals surface area contributed by atoms with Crippen molar-refractivity contribution in [2.45, 2.75) is 51.6 Å². The lowest BCUT2D eigenvalue weighted by Gasteiger charge is -2.22. The van der Waals surface area contributed by atoms with Gasteiger partial charge < -0.3 is 14.3 Å². The molecule has 0 spiro atoms. The molecule has 1 aromatic carbocycles. The van der Waals surface area contributed by atoms with Gasteiger partial charge in [-0.25, -0.2) is 0 Å². The van der Waals surface area contributed by atoms with Crippen molar-refractivity contribution in [2.75, 3.05) is 0 Å². The van der Waals surface area contributed by atoms with Crippen LogP contribution in [0.3, 0.4) is 0 Å². The van der Waals surface area contributed by atoms with Crippen LogP contribution in [0.5, 0.6) is 0 Å². The van der Waals surface area contributed by atoms with E-state index in [4.69, 9.17) is 4.42 Å². The highest BCUT2D eigenvalue weighted by atomic mass is 16.4. The van der Waals surface area contributed by atoms with E-state index in [0.29, 0.717) is 24.4 Å². The molecule has 0 atom stereocenters. The second kappa shape index (κ2) is 6.70. The SMILES string of the molecule is Cc1nnc(-c2cn(CC(=O)NC3CCCCC3)c3ccccc23)o1. The Kier molecular flexibility index (Phi) is 4.26. The molecule has 0 unspecified atom stereocenters. The number of carbonyl (C=O) groups excluding carboxylic acids is 1. The molecule has 0 saturated heterocycles. The number of nitrogens with zero attached hydrogens (tertiary/aromatic N) is 3. The highest BCUT2D eigenvalue weighted by molar-refractivity contribution is 5.94. The third kappa shape index (κ3) is 3.29. The zero-order valence-electron chi connectivity index (χ0n) is 14.4. The van der Waals surface area contributed by atoms with Crippen molar-refractivity contribution < 1.29 is 9.21 Å². The van der Waals surface area contributed by atoms with Crippen molar-refractivity contribution in [3.8, 4) is 11.5 Å². The van der Waals surface area contributed by atoms with E-state index in [2.05, 4.69) is 15.5 Å². The fraction of sp³-hybridized carbons (Fsp3) is 0.421. The first kappa shape index (κ1) is 15.9. The van der Waals surface area contributed by atoms with E-state index in [9.17, 15) is 4.79 Å². The van der Waals surface area contributed by atoms with Crippen LogP contribution in [0.25, 0.3) is 22.4 Å². The molecule has 4 rings (SSSR count). The third-order valence-corrected chi connectivity index (χ3v) is 4.83. The molecule has 25 heavy (non-hydrogen) atoms. The molecule has 2 aromatic heterocycles. The number of aromatic nitrogens is 3. The molecular weight excluding hydrogens is 316 g/mol. The van der Waals surface area contributed by atoms with Crippen molar-refractivity contribution in [1.29, 1.82) is 0 Å². The number of rotatable bonds is 4. The second-order valence-electron chi connectivity index (χ2n) is 6.72. The second-order valence-corrected chi connectivity index (χ2v) is 6.72. The molecule has 1 aliphatic carbocycles. The van der Waals surface area contributed by atoms with Crippen molar-refractivity contribution in [3.63, 3.8) is 0 Å². The Hall–Kier alpha value is -2.63. The predicted molar refractivity (Wildman–Crippen MR) is 95.0 cm³/mol. The topological polar surface area (TPSA) is 73.0 Å². The molecule has 2 heterocycles. The Morgan fingerprint density at radius 3 is 2.80 bits per heavy atom.